The number of fused-ring (bicyclic) bond motifs is 1. The first kappa shape index (κ1) is 27.0. The Morgan fingerprint density at radius 3 is 2.42 bits per heavy atom. The summed E-state index contributed by atoms with van der Waals surface area (Å²) in [7, 11) is 0. The molecule has 0 radical (unpaired) electrons. The third-order valence-electron chi connectivity index (χ3n) is 5.93. The van der Waals surface area contributed by atoms with Gasteiger partial charge in [-0.2, -0.15) is 5.10 Å². The number of para-hydroxylation sites is 1. The van der Waals surface area contributed by atoms with Crippen molar-refractivity contribution in [1.29, 1.82) is 0 Å². The van der Waals surface area contributed by atoms with E-state index >= 15 is 0 Å². The molecule has 0 aliphatic heterocycles. The zero-order chi connectivity index (χ0) is 28.2. The molecule has 1 heterocycles. The molecule has 0 saturated carbocycles. The number of aromatic amines is 1. The van der Waals surface area contributed by atoms with E-state index in [1.165, 1.54) is 30.5 Å². The second-order valence-corrected chi connectivity index (χ2v) is 10.2. The van der Waals surface area contributed by atoms with Crippen LogP contribution in [0.4, 0.5) is 5.69 Å². The third-order valence-corrected chi connectivity index (χ3v) is 7.08. The number of nitro groups is 1. The number of carbonyl (C=O) groups is 2. The van der Waals surface area contributed by atoms with E-state index in [-0.39, 0.29) is 17.0 Å². The number of esters is 1. The highest BCUT2D eigenvalue weighted by Gasteiger charge is 2.20. The normalized spacial score (nSPS) is 11.1. The van der Waals surface area contributed by atoms with Gasteiger partial charge >= 0.3 is 5.97 Å². The number of halogens is 2. The van der Waals surface area contributed by atoms with Gasteiger partial charge in [0.1, 0.15) is 11.4 Å². The maximum absolute atomic E-state index is 13.3. The van der Waals surface area contributed by atoms with Gasteiger partial charge in [0, 0.05) is 37.6 Å². The number of H-pyrrole nitrogens is 1. The summed E-state index contributed by atoms with van der Waals surface area (Å²) in [5, 5.41) is 15.9. The Morgan fingerprint density at radius 2 is 1.70 bits per heavy atom. The monoisotopic (exact) mass is 660 g/mol. The van der Waals surface area contributed by atoms with Crippen LogP contribution in [-0.4, -0.2) is 28.0 Å². The van der Waals surface area contributed by atoms with Crippen LogP contribution in [0.1, 0.15) is 26.4 Å². The lowest BCUT2D eigenvalue weighted by Gasteiger charge is -2.08. The molecule has 4 aromatic carbocycles. The molecule has 5 aromatic rings. The fourth-order valence-corrected chi connectivity index (χ4v) is 4.91. The molecule has 5 rings (SSSR count). The van der Waals surface area contributed by atoms with Crippen molar-refractivity contribution in [3.8, 4) is 16.9 Å². The number of hydrogen-bond donors (Lipinski definition) is 2. The molecule has 1 aromatic heterocycles. The quantitative estimate of drug-likeness (QED) is 0.0624. The summed E-state index contributed by atoms with van der Waals surface area (Å²) in [6.45, 7) is 0. The van der Waals surface area contributed by atoms with Crippen LogP contribution in [-0.2, 0) is 0 Å². The Hall–Kier alpha value is -4.61. The van der Waals surface area contributed by atoms with E-state index in [2.05, 4.69) is 47.4 Å². The fraction of sp³-hybridized carbons (Fsp3) is 0. The highest BCUT2D eigenvalue weighted by molar-refractivity contribution is 9.11. The van der Waals surface area contributed by atoms with Crippen LogP contribution in [0.15, 0.2) is 105 Å². The topological polar surface area (TPSA) is 127 Å². The molecule has 0 saturated heterocycles. The maximum Gasteiger partial charge on any atom is 0.343 e. The summed E-state index contributed by atoms with van der Waals surface area (Å²) < 4.78 is 7.03. The maximum atomic E-state index is 13.3. The lowest BCUT2D eigenvalue weighted by atomic mass is 10.0. The van der Waals surface area contributed by atoms with Crippen molar-refractivity contribution in [2.75, 3.05) is 0 Å². The Morgan fingerprint density at radius 1 is 0.950 bits per heavy atom. The van der Waals surface area contributed by atoms with Crippen molar-refractivity contribution in [3.05, 3.63) is 127 Å². The predicted molar refractivity (Wildman–Crippen MR) is 159 cm³/mol. The Balaban J connectivity index is 1.39. The second kappa shape index (κ2) is 11.6. The molecule has 9 nitrogen and oxygen atoms in total. The third kappa shape index (κ3) is 5.70. The second-order valence-electron chi connectivity index (χ2n) is 8.48. The molecule has 40 heavy (non-hydrogen) atoms. The van der Waals surface area contributed by atoms with Gasteiger partial charge in [-0.15, -0.1) is 0 Å². The average Bonchev–Trinajstić information content (AvgIpc) is 3.36. The van der Waals surface area contributed by atoms with E-state index in [0.717, 1.165) is 26.5 Å². The standard InChI is InChI=1S/C29H18Br2N4O5/c30-20-11-14-24(40-29(37)18-9-12-21(13-10-18)35(38)39)19(15-20)16-32-34-28(36)27-25(17-5-2-1-3-6-17)22-7-4-8-23(31)26(22)33-27/h1-16,33H,(H,34,36). The molecular formula is C29H18Br2N4O5. The van der Waals surface area contributed by atoms with Gasteiger partial charge in [-0.05, 0) is 57.9 Å². The van der Waals surface area contributed by atoms with Gasteiger partial charge in [0.05, 0.1) is 22.2 Å². The zero-order valence-corrected chi connectivity index (χ0v) is 23.6. The summed E-state index contributed by atoms with van der Waals surface area (Å²) in [6.07, 6.45) is 1.36. The molecule has 2 N–H and O–H groups in total. The number of amides is 1. The van der Waals surface area contributed by atoms with Gasteiger partial charge < -0.3 is 9.72 Å². The summed E-state index contributed by atoms with van der Waals surface area (Å²) in [5.41, 5.74) is 5.69. The lowest BCUT2D eigenvalue weighted by Crippen LogP contribution is -2.19. The molecular weight excluding hydrogens is 644 g/mol. The number of aromatic nitrogens is 1. The minimum Gasteiger partial charge on any atom is -0.422 e. The van der Waals surface area contributed by atoms with E-state index in [9.17, 15) is 19.7 Å². The SMILES string of the molecule is O=C(Oc1ccc(Br)cc1C=NNC(=O)c1[nH]c2c(Br)cccc2c1-c1ccccc1)c1ccc([N+](=O)[O-])cc1. The number of hydrogen-bond acceptors (Lipinski definition) is 6. The Kier molecular flexibility index (Phi) is 7.85. The highest BCUT2D eigenvalue weighted by Crippen LogP contribution is 2.35. The number of rotatable bonds is 7. The van der Waals surface area contributed by atoms with E-state index < -0.39 is 16.8 Å². The van der Waals surface area contributed by atoms with E-state index in [1.54, 1.807) is 18.2 Å². The van der Waals surface area contributed by atoms with Crippen LogP contribution in [0.3, 0.4) is 0 Å². The van der Waals surface area contributed by atoms with Crippen molar-refractivity contribution in [2.45, 2.75) is 0 Å². The van der Waals surface area contributed by atoms with Crippen molar-refractivity contribution in [2.24, 2.45) is 5.10 Å². The Bertz CT molecular complexity index is 1780. The van der Waals surface area contributed by atoms with Crippen LogP contribution in [0.5, 0.6) is 5.75 Å². The van der Waals surface area contributed by atoms with Crippen LogP contribution in [0, 0.1) is 10.1 Å². The van der Waals surface area contributed by atoms with Crippen LogP contribution in [0.25, 0.3) is 22.0 Å². The van der Waals surface area contributed by atoms with Crippen molar-refractivity contribution in [3.63, 3.8) is 0 Å². The lowest BCUT2D eigenvalue weighted by molar-refractivity contribution is -0.384. The van der Waals surface area contributed by atoms with E-state index in [0.29, 0.717) is 15.7 Å². The van der Waals surface area contributed by atoms with Crippen molar-refractivity contribution >= 4 is 66.5 Å². The minimum atomic E-state index is -0.702. The van der Waals surface area contributed by atoms with Crippen LogP contribution < -0.4 is 10.2 Å². The van der Waals surface area contributed by atoms with Crippen LogP contribution >= 0.6 is 31.9 Å². The molecule has 1 amide bonds. The molecule has 0 aliphatic rings. The summed E-state index contributed by atoms with van der Waals surface area (Å²) >= 11 is 6.93. The van der Waals surface area contributed by atoms with Crippen LogP contribution in [0.2, 0.25) is 0 Å². The molecule has 0 unspecified atom stereocenters. The Labute approximate surface area is 244 Å². The number of nitrogens with zero attached hydrogens (tertiary/aromatic N) is 2. The summed E-state index contributed by atoms with van der Waals surface area (Å²) in [4.78, 5) is 39.5. The molecule has 198 valence electrons. The van der Waals surface area contributed by atoms with Gasteiger partial charge in [-0.25, -0.2) is 10.2 Å². The zero-order valence-electron chi connectivity index (χ0n) is 20.4. The molecule has 0 spiro atoms. The number of ether oxygens (including phenoxy) is 1. The number of carbonyl (C=O) groups excluding carboxylic acids is 2. The molecule has 0 fully saturated rings. The smallest absolute Gasteiger partial charge is 0.343 e. The largest absolute Gasteiger partial charge is 0.422 e. The first-order valence-electron chi connectivity index (χ1n) is 11.8. The molecule has 0 bridgehead atoms. The van der Waals surface area contributed by atoms with E-state index in [1.807, 2.05) is 48.5 Å². The summed E-state index contributed by atoms with van der Waals surface area (Å²) in [5.74, 6) is -0.978. The van der Waals surface area contributed by atoms with Gasteiger partial charge in [-0.1, -0.05) is 58.4 Å². The predicted octanol–water partition coefficient (Wildman–Crippen LogP) is 7.25. The number of nitrogens with one attached hydrogen (secondary N) is 2. The van der Waals surface area contributed by atoms with Gasteiger partial charge in [-0.3, -0.25) is 14.9 Å². The number of hydrazone groups is 1. The number of non-ortho nitro benzene ring substituents is 1. The number of nitro benzene ring substituents is 1. The molecule has 0 aliphatic carbocycles. The highest BCUT2D eigenvalue weighted by atomic mass is 79.9. The minimum absolute atomic E-state index is 0.138. The van der Waals surface area contributed by atoms with Gasteiger partial charge in [0.25, 0.3) is 11.6 Å². The summed E-state index contributed by atoms with van der Waals surface area (Å²) in [6, 6.07) is 25.3. The first-order chi connectivity index (χ1) is 19.3. The first-order valence-corrected chi connectivity index (χ1v) is 13.4. The van der Waals surface area contributed by atoms with Gasteiger partial charge in [0.2, 0.25) is 0 Å². The molecule has 0 atom stereocenters. The van der Waals surface area contributed by atoms with Gasteiger partial charge in [0.15, 0.2) is 0 Å². The van der Waals surface area contributed by atoms with Crippen molar-refractivity contribution < 1.29 is 19.2 Å². The number of benzene rings is 4. The fourth-order valence-electron chi connectivity index (χ4n) is 4.06. The van der Waals surface area contributed by atoms with Crippen molar-refractivity contribution in [1.82, 2.24) is 10.4 Å². The van der Waals surface area contributed by atoms with E-state index in [4.69, 9.17) is 4.74 Å². The average molecular weight is 662 g/mol. The molecule has 11 heteroatoms.